The van der Waals surface area contributed by atoms with Gasteiger partial charge in [0.2, 0.25) is 0 Å². The van der Waals surface area contributed by atoms with Gasteiger partial charge in [-0.25, -0.2) is 4.39 Å². The largest absolute Gasteiger partial charge is 0.497 e. The van der Waals surface area contributed by atoms with Crippen LogP contribution in [0.15, 0.2) is 42.5 Å². The zero-order chi connectivity index (χ0) is 16.8. The number of methoxy groups -OCH3 is 1. The first-order valence-electron chi connectivity index (χ1n) is 7.22. The van der Waals surface area contributed by atoms with E-state index in [4.69, 9.17) is 10.00 Å². The molecule has 0 saturated heterocycles. The minimum absolute atomic E-state index is 0.0949. The molecule has 0 fully saturated rings. The smallest absolute Gasteiger partial charge is 0.127 e. The van der Waals surface area contributed by atoms with E-state index in [0.29, 0.717) is 17.7 Å². The van der Waals surface area contributed by atoms with Crippen molar-refractivity contribution in [3.05, 3.63) is 65.0 Å². The van der Waals surface area contributed by atoms with Gasteiger partial charge in [-0.15, -0.1) is 0 Å². The molecule has 2 aromatic rings. The van der Waals surface area contributed by atoms with E-state index in [0.717, 1.165) is 11.3 Å². The van der Waals surface area contributed by atoms with E-state index >= 15 is 0 Å². The molecule has 1 N–H and O–H groups in total. The van der Waals surface area contributed by atoms with Crippen molar-refractivity contribution in [1.29, 1.82) is 5.26 Å². The number of nitrogens with zero attached hydrogens (tertiary/aromatic N) is 2. The highest BCUT2D eigenvalue weighted by atomic mass is 19.1. The lowest BCUT2D eigenvalue weighted by atomic mass is 10.0. The van der Waals surface area contributed by atoms with Crippen molar-refractivity contribution in [1.82, 2.24) is 4.90 Å². The van der Waals surface area contributed by atoms with Crippen molar-refractivity contribution in [2.24, 2.45) is 0 Å². The first kappa shape index (κ1) is 16.9. The van der Waals surface area contributed by atoms with E-state index < -0.39 is 0 Å². The van der Waals surface area contributed by atoms with Crippen LogP contribution in [0.2, 0.25) is 0 Å². The van der Waals surface area contributed by atoms with Gasteiger partial charge in [-0.05, 0) is 42.9 Å². The second-order valence-corrected chi connectivity index (χ2v) is 5.30. The van der Waals surface area contributed by atoms with E-state index in [9.17, 15) is 9.50 Å². The number of hydrogen-bond acceptors (Lipinski definition) is 4. The fraction of sp³-hybridized carbons (Fsp3) is 0.278. The Kier molecular flexibility index (Phi) is 5.69. The zero-order valence-electron chi connectivity index (χ0n) is 13.2. The maximum absolute atomic E-state index is 13.9. The number of benzene rings is 2. The molecule has 0 radical (unpaired) electrons. The maximum atomic E-state index is 13.9. The van der Waals surface area contributed by atoms with Crippen molar-refractivity contribution in [2.45, 2.75) is 12.6 Å². The van der Waals surface area contributed by atoms with Gasteiger partial charge in [0.25, 0.3) is 0 Å². The summed E-state index contributed by atoms with van der Waals surface area (Å²) in [6.45, 7) is 0.195. The van der Waals surface area contributed by atoms with Crippen LogP contribution in [0.3, 0.4) is 0 Å². The van der Waals surface area contributed by atoms with Crippen LogP contribution in [0.5, 0.6) is 5.75 Å². The molecule has 0 aromatic heterocycles. The normalized spacial score (nSPS) is 12.0. The highest BCUT2D eigenvalue weighted by Gasteiger charge is 2.18. The number of likely N-dealkylation sites (N-methyl/N-ethyl adjacent to an activating group) is 1. The van der Waals surface area contributed by atoms with Gasteiger partial charge in [-0.1, -0.05) is 12.1 Å². The average Bonchev–Trinajstić information content (AvgIpc) is 2.58. The summed E-state index contributed by atoms with van der Waals surface area (Å²) < 4.78 is 19.0. The fourth-order valence-electron chi connectivity index (χ4n) is 2.47. The number of aliphatic hydroxyl groups excluding tert-OH is 1. The van der Waals surface area contributed by atoms with E-state index in [-0.39, 0.29) is 18.5 Å². The van der Waals surface area contributed by atoms with E-state index in [2.05, 4.69) is 0 Å². The molecule has 2 aromatic carbocycles. The molecule has 0 unspecified atom stereocenters. The van der Waals surface area contributed by atoms with E-state index in [1.54, 1.807) is 7.11 Å². The highest BCUT2D eigenvalue weighted by Crippen LogP contribution is 2.24. The molecule has 0 aliphatic rings. The first-order valence-corrected chi connectivity index (χ1v) is 7.22. The molecule has 0 spiro atoms. The van der Waals surface area contributed by atoms with Crippen LogP contribution < -0.4 is 4.74 Å². The quantitative estimate of drug-likeness (QED) is 0.891. The van der Waals surface area contributed by atoms with Gasteiger partial charge in [0.1, 0.15) is 11.6 Å². The predicted octanol–water partition coefficient (Wildman–Crippen LogP) is 2.87. The Morgan fingerprint density at radius 2 is 1.96 bits per heavy atom. The topological polar surface area (TPSA) is 56.5 Å². The Morgan fingerprint density at radius 3 is 2.52 bits per heavy atom. The monoisotopic (exact) mass is 314 g/mol. The molecule has 2 rings (SSSR count). The molecule has 0 saturated carbocycles. The summed E-state index contributed by atoms with van der Waals surface area (Å²) >= 11 is 0. The van der Waals surface area contributed by atoms with Crippen molar-refractivity contribution in [3.8, 4) is 11.8 Å². The molecule has 0 bridgehead atoms. The molecular formula is C18H19FN2O2. The number of aliphatic hydroxyl groups is 1. The van der Waals surface area contributed by atoms with Gasteiger partial charge in [-0.3, -0.25) is 4.90 Å². The van der Waals surface area contributed by atoms with Crippen molar-refractivity contribution >= 4 is 0 Å². The average molecular weight is 314 g/mol. The Hall–Kier alpha value is -2.42. The fourth-order valence-corrected chi connectivity index (χ4v) is 2.47. The Morgan fingerprint density at radius 1 is 1.26 bits per heavy atom. The minimum Gasteiger partial charge on any atom is -0.497 e. The van der Waals surface area contributed by atoms with Gasteiger partial charge in [0.05, 0.1) is 31.4 Å². The Labute approximate surface area is 135 Å². The van der Waals surface area contributed by atoms with Crippen LogP contribution in [0, 0.1) is 17.1 Å². The van der Waals surface area contributed by atoms with Gasteiger partial charge >= 0.3 is 0 Å². The summed E-state index contributed by atoms with van der Waals surface area (Å²) in [6.07, 6.45) is 0. The van der Waals surface area contributed by atoms with Crippen LogP contribution >= 0.6 is 0 Å². The molecule has 4 nitrogen and oxygen atoms in total. The van der Waals surface area contributed by atoms with Gasteiger partial charge in [0, 0.05) is 12.1 Å². The lowest BCUT2D eigenvalue weighted by Crippen LogP contribution is -2.27. The van der Waals surface area contributed by atoms with Crippen LogP contribution in [0.1, 0.15) is 22.7 Å². The number of ether oxygens (including phenoxy) is 1. The highest BCUT2D eigenvalue weighted by molar-refractivity contribution is 5.34. The molecule has 23 heavy (non-hydrogen) atoms. The lowest BCUT2D eigenvalue weighted by Gasteiger charge is -2.27. The Balaban J connectivity index is 2.19. The SMILES string of the molecule is COc1ccc([C@H](CO)N(C)Cc2cc(C#N)ccc2F)cc1. The molecule has 5 heteroatoms. The van der Waals surface area contributed by atoms with Gasteiger partial charge in [-0.2, -0.15) is 5.26 Å². The minimum atomic E-state index is -0.359. The molecule has 0 heterocycles. The van der Waals surface area contributed by atoms with E-state index in [1.807, 2.05) is 42.3 Å². The summed E-state index contributed by atoms with van der Waals surface area (Å²) in [5.41, 5.74) is 1.76. The van der Waals surface area contributed by atoms with Gasteiger partial charge < -0.3 is 9.84 Å². The van der Waals surface area contributed by atoms with Crippen LogP contribution in [-0.2, 0) is 6.54 Å². The second kappa shape index (κ2) is 7.73. The molecule has 0 amide bonds. The summed E-state index contributed by atoms with van der Waals surface area (Å²) in [5.74, 6) is 0.378. The molecule has 0 aliphatic carbocycles. The molecule has 120 valence electrons. The number of hydrogen-bond donors (Lipinski definition) is 1. The van der Waals surface area contributed by atoms with Crippen molar-refractivity contribution < 1.29 is 14.2 Å². The lowest BCUT2D eigenvalue weighted by molar-refractivity contribution is 0.141. The van der Waals surface area contributed by atoms with E-state index in [1.165, 1.54) is 18.2 Å². The van der Waals surface area contributed by atoms with Crippen molar-refractivity contribution in [3.63, 3.8) is 0 Å². The maximum Gasteiger partial charge on any atom is 0.127 e. The molecule has 0 aliphatic heterocycles. The number of halogens is 1. The summed E-state index contributed by atoms with van der Waals surface area (Å²) in [6, 6.07) is 13.4. The van der Waals surface area contributed by atoms with Crippen molar-refractivity contribution in [2.75, 3.05) is 20.8 Å². The van der Waals surface area contributed by atoms with Gasteiger partial charge in [0.15, 0.2) is 0 Å². The molecular weight excluding hydrogens is 295 g/mol. The third-order valence-corrected chi connectivity index (χ3v) is 3.80. The summed E-state index contributed by atoms with van der Waals surface area (Å²) in [5, 5.41) is 18.6. The first-order chi connectivity index (χ1) is 11.1. The Bertz CT molecular complexity index is 695. The third kappa shape index (κ3) is 4.07. The zero-order valence-corrected chi connectivity index (χ0v) is 13.2. The summed E-state index contributed by atoms with van der Waals surface area (Å²) in [4.78, 5) is 1.85. The number of rotatable bonds is 6. The van der Waals surface area contributed by atoms with Crippen LogP contribution in [0.25, 0.3) is 0 Å². The van der Waals surface area contributed by atoms with Crippen LogP contribution in [-0.4, -0.2) is 30.8 Å². The summed E-state index contributed by atoms with van der Waals surface area (Å²) in [7, 11) is 3.40. The van der Waals surface area contributed by atoms with Crippen LogP contribution in [0.4, 0.5) is 4.39 Å². The molecule has 1 atom stereocenters. The predicted molar refractivity (Wildman–Crippen MR) is 85.4 cm³/mol. The third-order valence-electron chi connectivity index (χ3n) is 3.80. The standard InChI is InChI=1S/C18H19FN2O2/c1-21(11-15-9-13(10-20)3-8-17(15)19)18(12-22)14-4-6-16(23-2)7-5-14/h3-9,18,22H,11-12H2,1-2H3/t18-/m0/s1. The second-order valence-electron chi connectivity index (χ2n) is 5.30. The number of nitriles is 1.